The lowest BCUT2D eigenvalue weighted by Crippen LogP contribution is -2.45. The van der Waals surface area contributed by atoms with E-state index < -0.39 is 12.1 Å². The summed E-state index contributed by atoms with van der Waals surface area (Å²) in [6, 6.07) is -0.538. The molecule has 0 aliphatic rings. The summed E-state index contributed by atoms with van der Waals surface area (Å²) < 4.78 is 5.51. The van der Waals surface area contributed by atoms with Crippen molar-refractivity contribution in [3.05, 3.63) is 0 Å². The summed E-state index contributed by atoms with van der Waals surface area (Å²) in [7, 11) is 0. The van der Waals surface area contributed by atoms with Gasteiger partial charge in [0.15, 0.2) is 0 Å². The zero-order valence-electron chi connectivity index (χ0n) is 57.0. The van der Waals surface area contributed by atoms with E-state index >= 15 is 0 Å². The first kappa shape index (κ1) is 81.9. The van der Waals surface area contributed by atoms with Crippen molar-refractivity contribution < 1.29 is 24.5 Å². The Bertz CT molecular complexity index is 1210. The standard InChI is InChI=1S/C77H153NO5/c1-3-5-7-9-11-13-15-17-19-20-21-32-35-38-42-45-49-53-57-61-65-69-75(80)74(73-79)78-76(81)70-66-62-58-54-50-46-43-39-36-33-30-28-26-24-22-23-25-27-29-31-34-37-40-44-48-52-56-60-64-68-72-83-77(82)71-67-63-59-55-51-47-41-18-16-14-12-10-8-6-4-2/h74-75,79-80H,3-73H2,1-2H3,(H,78,81). The molecule has 0 spiro atoms. The van der Waals surface area contributed by atoms with Gasteiger partial charge in [-0.3, -0.25) is 9.59 Å². The molecular weight excluding hydrogens is 1020 g/mol. The van der Waals surface area contributed by atoms with Crippen LogP contribution < -0.4 is 5.32 Å². The SMILES string of the molecule is CCCCCCCCCCCCCCCCCCCCCCCC(O)C(CO)NC(=O)CCCCCCCCCCCCCCCCCCCCCCCCCCCCCCCCOC(=O)CCCCCCCCCCCCCCCCC. The second kappa shape index (κ2) is 73.3. The highest BCUT2D eigenvalue weighted by Crippen LogP contribution is 2.20. The molecule has 83 heavy (non-hydrogen) atoms. The number of nitrogens with one attached hydrogen (secondary N) is 1. The van der Waals surface area contributed by atoms with Crippen LogP contribution in [0, 0.1) is 0 Å². The fourth-order valence-corrected chi connectivity index (χ4v) is 12.8. The highest BCUT2D eigenvalue weighted by molar-refractivity contribution is 5.76. The van der Waals surface area contributed by atoms with E-state index in [1.54, 1.807) is 0 Å². The van der Waals surface area contributed by atoms with E-state index in [0.29, 0.717) is 25.9 Å². The summed E-state index contributed by atoms with van der Waals surface area (Å²) in [5.41, 5.74) is 0. The summed E-state index contributed by atoms with van der Waals surface area (Å²) in [5, 5.41) is 23.4. The second-order valence-electron chi connectivity index (χ2n) is 27.1. The number of unbranched alkanes of at least 4 members (excludes halogenated alkanes) is 63. The minimum Gasteiger partial charge on any atom is -0.466 e. The lowest BCUT2D eigenvalue weighted by molar-refractivity contribution is -0.143. The molecular formula is C77H153NO5. The van der Waals surface area contributed by atoms with Gasteiger partial charge in [-0.2, -0.15) is 0 Å². The van der Waals surface area contributed by atoms with Crippen molar-refractivity contribution in [2.75, 3.05) is 13.2 Å². The summed E-state index contributed by atoms with van der Waals surface area (Å²) in [6.07, 6.45) is 90.4. The summed E-state index contributed by atoms with van der Waals surface area (Å²) in [4.78, 5) is 24.6. The highest BCUT2D eigenvalue weighted by Gasteiger charge is 2.20. The third-order valence-corrected chi connectivity index (χ3v) is 18.7. The molecule has 0 aromatic rings. The van der Waals surface area contributed by atoms with Gasteiger partial charge in [0.05, 0.1) is 25.4 Å². The van der Waals surface area contributed by atoms with Gasteiger partial charge in [0.25, 0.3) is 0 Å². The molecule has 6 heteroatoms. The van der Waals surface area contributed by atoms with Gasteiger partial charge < -0.3 is 20.3 Å². The number of amides is 1. The summed E-state index contributed by atoms with van der Waals surface area (Å²) >= 11 is 0. The first-order valence-electron chi connectivity index (χ1n) is 38.8. The number of rotatable bonds is 74. The normalized spacial score (nSPS) is 12.4. The summed E-state index contributed by atoms with van der Waals surface area (Å²) in [6.45, 7) is 5.02. The second-order valence-corrected chi connectivity index (χ2v) is 27.1. The van der Waals surface area contributed by atoms with E-state index in [9.17, 15) is 19.8 Å². The minimum absolute atomic E-state index is 0.0245. The Morgan fingerprint density at radius 2 is 0.494 bits per heavy atom. The molecule has 0 saturated carbocycles. The average molecular weight is 1170 g/mol. The fourth-order valence-electron chi connectivity index (χ4n) is 12.8. The molecule has 2 unspecified atom stereocenters. The van der Waals surface area contributed by atoms with Gasteiger partial charge >= 0.3 is 5.97 Å². The lowest BCUT2D eigenvalue weighted by Gasteiger charge is -2.22. The van der Waals surface area contributed by atoms with Crippen molar-refractivity contribution in [1.29, 1.82) is 0 Å². The Morgan fingerprint density at radius 1 is 0.289 bits per heavy atom. The lowest BCUT2D eigenvalue weighted by atomic mass is 10.0. The zero-order valence-corrected chi connectivity index (χ0v) is 57.0. The molecule has 0 heterocycles. The van der Waals surface area contributed by atoms with Gasteiger partial charge in [-0.25, -0.2) is 0 Å². The molecule has 6 nitrogen and oxygen atoms in total. The number of carbonyl (C=O) groups is 2. The van der Waals surface area contributed by atoms with Crippen LogP contribution >= 0.6 is 0 Å². The van der Waals surface area contributed by atoms with Crippen LogP contribution in [-0.2, 0) is 14.3 Å². The molecule has 496 valence electrons. The number of ether oxygens (including phenoxy) is 1. The fraction of sp³-hybridized carbons (Fsp3) is 0.974. The number of hydrogen-bond donors (Lipinski definition) is 3. The summed E-state index contributed by atoms with van der Waals surface area (Å²) in [5.74, 6) is -0.000541. The predicted octanol–water partition coefficient (Wildman–Crippen LogP) is 25.3. The zero-order chi connectivity index (χ0) is 59.9. The van der Waals surface area contributed by atoms with Gasteiger partial charge in [0, 0.05) is 12.8 Å². The molecule has 0 rings (SSSR count). The monoisotopic (exact) mass is 1170 g/mol. The quantitative estimate of drug-likeness (QED) is 0.0417. The molecule has 0 aromatic heterocycles. The molecule has 0 aliphatic carbocycles. The number of aliphatic hydroxyl groups is 2. The largest absolute Gasteiger partial charge is 0.466 e. The first-order valence-corrected chi connectivity index (χ1v) is 38.8. The molecule has 0 radical (unpaired) electrons. The maximum absolute atomic E-state index is 12.6. The molecule has 1 amide bonds. The molecule has 0 saturated heterocycles. The number of esters is 1. The van der Waals surface area contributed by atoms with Crippen LogP contribution in [-0.4, -0.2) is 47.4 Å². The maximum Gasteiger partial charge on any atom is 0.305 e. The molecule has 0 aliphatic heterocycles. The smallest absolute Gasteiger partial charge is 0.305 e. The van der Waals surface area contributed by atoms with Gasteiger partial charge in [-0.05, 0) is 25.7 Å². The number of hydrogen-bond acceptors (Lipinski definition) is 5. The number of aliphatic hydroxyl groups excluding tert-OH is 2. The number of carbonyl (C=O) groups excluding carboxylic acids is 2. The van der Waals surface area contributed by atoms with Crippen LogP contribution in [0.2, 0.25) is 0 Å². The Morgan fingerprint density at radius 3 is 0.735 bits per heavy atom. The highest BCUT2D eigenvalue weighted by atomic mass is 16.5. The van der Waals surface area contributed by atoms with E-state index in [4.69, 9.17) is 4.74 Å². The molecule has 3 N–H and O–H groups in total. The van der Waals surface area contributed by atoms with Crippen molar-refractivity contribution in [2.45, 2.75) is 469 Å². The van der Waals surface area contributed by atoms with Crippen molar-refractivity contribution in [2.24, 2.45) is 0 Å². The Kier molecular flexibility index (Phi) is 72.3. The third-order valence-electron chi connectivity index (χ3n) is 18.7. The van der Waals surface area contributed by atoms with Gasteiger partial charge in [0.2, 0.25) is 5.91 Å². The van der Waals surface area contributed by atoms with Crippen molar-refractivity contribution >= 4 is 11.9 Å². The van der Waals surface area contributed by atoms with Crippen LogP contribution in [0.3, 0.4) is 0 Å². The Balaban J connectivity index is 3.32. The van der Waals surface area contributed by atoms with E-state index in [0.717, 1.165) is 38.5 Å². The minimum atomic E-state index is -0.662. The van der Waals surface area contributed by atoms with Crippen molar-refractivity contribution in [3.63, 3.8) is 0 Å². The van der Waals surface area contributed by atoms with E-state index in [-0.39, 0.29) is 18.5 Å². The molecule has 0 aromatic carbocycles. The van der Waals surface area contributed by atoms with E-state index in [2.05, 4.69) is 19.2 Å². The van der Waals surface area contributed by atoms with Crippen LogP contribution in [0.25, 0.3) is 0 Å². The van der Waals surface area contributed by atoms with Crippen LogP contribution in [0.1, 0.15) is 457 Å². The van der Waals surface area contributed by atoms with Crippen LogP contribution in [0.15, 0.2) is 0 Å². The Labute approximate surface area is 521 Å². The first-order chi connectivity index (χ1) is 41.0. The molecule has 2 atom stereocenters. The van der Waals surface area contributed by atoms with Crippen LogP contribution in [0.5, 0.6) is 0 Å². The van der Waals surface area contributed by atoms with Gasteiger partial charge in [-0.15, -0.1) is 0 Å². The molecule has 0 bridgehead atoms. The van der Waals surface area contributed by atoms with Crippen molar-refractivity contribution in [3.8, 4) is 0 Å². The van der Waals surface area contributed by atoms with Crippen molar-refractivity contribution in [1.82, 2.24) is 5.32 Å². The van der Waals surface area contributed by atoms with E-state index in [1.165, 1.54) is 385 Å². The topological polar surface area (TPSA) is 95.9 Å². The van der Waals surface area contributed by atoms with E-state index in [1.807, 2.05) is 0 Å². The Hall–Kier alpha value is -1.14. The van der Waals surface area contributed by atoms with Gasteiger partial charge in [0.1, 0.15) is 0 Å². The van der Waals surface area contributed by atoms with Crippen LogP contribution in [0.4, 0.5) is 0 Å². The molecule has 0 fully saturated rings. The average Bonchev–Trinajstić information content (AvgIpc) is 3.49. The third kappa shape index (κ3) is 69.8. The maximum atomic E-state index is 12.6. The predicted molar refractivity (Wildman–Crippen MR) is 366 cm³/mol. The van der Waals surface area contributed by atoms with Gasteiger partial charge in [-0.1, -0.05) is 418 Å².